The van der Waals surface area contributed by atoms with Crippen molar-refractivity contribution in [3.63, 3.8) is 0 Å². The van der Waals surface area contributed by atoms with Crippen molar-refractivity contribution in [2.45, 2.75) is 31.2 Å². The van der Waals surface area contributed by atoms with Crippen LogP contribution in [0, 0.1) is 0 Å². The van der Waals surface area contributed by atoms with E-state index >= 15 is 0 Å². The molecule has 1 fully saturated rings. The Bertz CT molecular complexity index is 1120. The Morgan fingerprint density at radius 1 is 0.969 bits per heavy atom. The molecule has 4 rings (SSSR count). The van der Waals surface area contributed by atoms with Crippen molar-refractivity contribution in [1.29, 1.82) is 0 Å². The molecule has 0 radical (unpaired) electrons. The summed E-state index contributed by atoms with van der Waals surface area (Å²) in [5.41, 5.74) is -1.37. The fourth-order valence-corrected chi connectivity index (χ4v) is 3.56. The normalized spacial score (nSPS) is 17.2. The number of likely N-dealkylation sites (tertiary alicyclic amines) is 1. The molecule has 1 aromatic heterocycles. The average Bonchev–Trinajstić information content (AvgIpc) is 3.34. The first-order chi connectivity index (χ1) is 15.0. The molecule has 0 spiro atoms. The minimum absolute atomic E-state index is 0.0120. The molecule has 5 nitrogen and oxygen atoms in total. The van der Waals surface area contributed by atoms with Crippen LogP contribution in [-0.4, -0.2) is 27.5 Å². The average molecular weight is 455 g/mol. The Kier molecular flexibility index (Phi) is 5.43. The van der Waals surface area contributed by atoms with Crippen LogP contribution in [0.5, 0.6) is 0 Å². The highest BCUT2D eigenvalue weighted by molar-refractivity contribution is 5.79. The first-order valence-corrected chi connectivity index (χ1v) is 9.46. The number of amides is 1. The van der Waals surface area contributed by atoms with Gasteiger partial charge < -0.3 is 9.42 Å². The van der Waals surface area contributed by atoms with Gasteiger partial charge in [-0.1, -0.05) is 23.4 Å². The zero-order valence-electron chi connectivity index (χ0n) is 16.2. The van der Waals surface area contributed by atoms with Crippen molar-refractivity contribution in [2.24, 2.45) is 0 Å². The summed E-state index contributed by atoms with van der Waals surface area (Å²) in [6, 6.07) is 9.20. The highest BCUT2D eigenvalue weighted by atomic mass is 19.4. The number of alkyl halides is 6. The highest BCUT2D eigenvalue weighted by Crippen LogP contribution is 2.35. The number of benzene rings is 2. The molecule has 2 heterocycles. The minimum Gasteiger partial charge on any atom is -0.338 e. The van der Waals surface area contributed by atoms with E-state index in [4.69, 9.17) is 4.52 Å². The van der Waals surface area contributed by atoms with E-state index in [2.05, 4.69) is 10.1 Å². The maximum atomic E-state index is 13.2. The lowest BCUT2D eigenvalue weighted by molar-refractivity contribution is -0.139. The lowest BCUT2D eigenvalue weighted by Gasteiger charge is -2.19. The Hall–Kier alpha value is -3.37. The smallest absolute Gasteiger partial charge is 0.338 e. The van der Waals surface area contributed by atoms with Crippen LogP contribution in [0.15, 0.2) is 53.1 Å². The Balaban J connectivity index is 1.48. The molecule has 0 aliphatic carbocycles. The first kappa shape index (κ1) is 21.8. The third kappa shape index (κ3) is 4.46. The Labute approximate surface area is 177 Å². The number of halogens is 6. The number of carbonyl (C=O) groups excluding carboxylic acids is 1. The molecule has 1 amide bonds. The molecule has 1 saturated heterocycles. The predicted molar refractivity (Wildman–Crippen MR) is 99.0 cm³/mol. The van der Waals surface area contributed by atoms with Crippen LogP contribution >= 0.6 is 0 Å². The molecule has 2 aromatic carbocycles. The van der Waals surface area contributed by atoms with Crippen LogP contribution < -0.4 is 0 Å². The van der Waals surface area contributed by atoms with E-state index in [1.807, 2.05) is 0 Å². The lowest BCUT2D eigenvalue weighted by Crippen LogP contribution is -2.26. The molecule has 1 aliphatic heterocycles. The van der Waals surface area contributed by atoms with Gasteiger partial charge in [0.1, 0.15) is 0 Å². The standard InChI is InChI=1S/C21H15F6N3O2/c22-20(23,24)15-7-5-12(6-8-15)19-28-18(29-32-19)14-9-17(31)30(11-14)10-13-3-1-2-4-16(13)21(25,26)27/h1-8,14H,9-11H2. The Morgan fingerprint density at radius 3 is 2.31 bits per heavy atom. The number of rotatable bonds is 4. The monoisotopic (exact) mass is 455 g/mol. The molecule has 1 aliphatic rings. The van der Waals surface area contributed by atoms with Gasteiger partial charge in [-0.3, -0.25) is 4.79 Å². The van der Waals surface area contributed by atoms with Gasteiger partial charge in [-0.25, -0.2) is 0 Å². The summed E-state index contributed by atoms with van der Waals surface area (Å²) < 4.78 is 82.9. The quantitative estimate of drug-likeness (QED) is 0.502. The second kappa shape index (κ2) is 7.95. The van der Waals surface area contributed by atoms with E-state index in [0.717, 1.165) is 18.2 Å². The fraction of sp³-hybridized carbons (Fsp3) is 0.286. The van der Waals surface area contributed by atoms with E-state index < -0.39 is 29.4 Å². The molecular weight excluding hydrogens is 440 g/mol. The zero-order valence-corrected chi connectivity index (χ0v) is 16.2. The van der Waals surface area contributed by atoms with E-state index in [-0.39, 0.29) is 48.3 Å². The summed E-state index contributed by atoms with van der Waals surface area (Å²) in [5, 5.41) is 3.81. The van der Waals surface area contributed by atoms with Crippen molar-refractivity contribution >= 4 is 5.91 Å². The van der Waals surface area contributed by atoms with Gasteiger partial charge in [-0.2, -0.15) is 31.3 Å². The van der Waals surface area contributed by atoms with Crippen LogP contribution in [0.3, 0.4) is 0 Å². The summed E-state index contributed by atoms with van der Waals surface area (Å²) in [6.45, 7) is -0.119. The molecule has 168 valence electrons. The number of aromatic nitrogens is 2. The summed E-state index contributed by atoms with van der Waals surface area (Å²) in [7, 11) is 0. The highest BCUT2D eigenvalue weighted by Gasteiger charge is 2.37. The first-order valence-electron chi connectivity index (χ1n) is 9.46. The van der Waals surface area contributed by atoms with Gasteiger partial charge in [0.15, 0.2) is 5.82 Å². The van der Waals surface area contributed by atoms with Gasteiger partial charge in [0.25, 0.3) is 5.89 Å². The van der Waals surface area contributed by atoms with Crippen LogP contribution in [-0.2, 0) is 23.7 Å². The number of hydrogen-bond acceptors (Lipinski definition) is 4. The summed E-state index contributed by atoms with van der Waals surface area (Å²) in [4.78, 5) is 17.8. The summed E-state index contributed by atoms with van der Waals surface area (Å²) >= 11 is 0. The fourth-order valence-electron chi connectivity index (χ4n) is 3.56. The van der Waals surface area contributed by atoms with Crippen LogP contribution in [0.2, 0.25) is 0 Å². The van der Waals surface area contributed by atoms with Gasteiger partial charge in [0.05, 0.1) is 11.1 Å². The van der Waals surface area contributed by atoms with Crippen molar-refractivity contribution < 1.29 is 35.7 Å². The molecule has 1 unspecified atom stereocenters. The van der Waals surface area contributed by atoms with Gasteiger partial charge >= 0.3 is 12.4 Å². The second-order valence-corrected chi connectivity index (χ2v) is 7.36. The number of carbonyl (C=O) groups is 1. The number of hydrogen-bond donors (Lipinski definition) is 0. The SMILES string of the molecule is O=C1CC(c2noc(-c3ccc(C(F)(F)F)cc3)n2)CN1Cc1ccccc1C(F)(F)F. The van der Waals surface area contributed by atoms with Gasteiger partial charge in [-0.15, -0.1) is 0 Å². The summed E-state index contributed by atoms with van der Waals surface area (Å²) in [6.07, 6.45) is -9.03. The van der Waals surface area contributed by atoms with Crippen molar-refractivity contribution in [2.75, 3.05) is 6.54 Å². The maximum Gasteiger partial charge on any atom is 0.416 e. The predicted octanol–water partition coefficient (Wildman–Crippen LogP) is 5.29. The van der Waals surface area contributed by atoms with E-state index in [1.165, 1.54) is 35.2 Å². The van der Waals surface area contributed by atoms with Crippen molar-refractivity contribution in [1.82, 2.24) is 15.0 Å². The van der Waals surface area contributed by atoms with Crippen LogP contribution in [0.1, 0.15) is 34.9 Å². The molecule has 0 bridgehead atoms. The molecule has 32 heavy (non-hydrogen) atoms. The van der Waals surface area contributed by atoms with Crippen molar-refractivity contribution in [3.8, 4) is 11.5 Å². The third-order valence-corrected chi connectivity index (χ3v) is 5.16. The van der Waals surface area contributed by atoms with E-state index in [1.54, 1.807) is 0 Å². The Morgan fingerprint density at radius 2 is 1.66 bits per heavy atom. The third-order valence-electron chi connectivity index (χ3n) is 5.16. The van der Waals surface area contributed by atoms with Gasteiger partial charge in [0, 0.05) is 31.0 Å². The minimum atomic E-state index is -4.54. The zero-order chi connectivity index (χ0) is 23.1. The molecule has 3 aromatic rings. The number of nitrogens with zero attached hydrogens (tertiary/aromatic N) is 3. The van der Waals surface area contributed by atoms with Crippen LogP contribution in [0.25, 0.3) is 11.5 Å². The summed E-state index contributed by atoms with van der Waals surface area (Å²) in [5.74, 6) is -0.706. The molecule has 1 atom stereocenters. The van der Waals surface area contributed by atoms with E-state index in [0.29, 0.717) is 0 Å². The topological polar surface area (TPSA) is 59.2 Å². The molecule has 0 N–H and O–H groups in total. The molecular formula is C21H15F6N3O2. The molecule has 0 saturated carbocycles. The van der Waals surface area contributed by atoms with Crippen LogP contribution in [0.4, 0.5) is 26.3 Å². The van der Waals surface area contributed by atoms with Gasteiger partial charge in [0.2, 0.25) is 5.91 Å². The van der Waals surface area contributed by atoms with Crippen molar-refractivity contribution in [3.05, 3.63) is 71.0 Å². The van der Waals surface area contributed by atoms with Gasteiger partial charge in [-0.05, 0) is 35.9 Å². The van der Waals surface area contributed by atoms with E-state index in [9.17, 15) is 31.1 Å². The largest absolute Gasteiger partial charge is 0.416 e. The second-order valence-electron chi connectivity index (χ2n) is 7.36. The molecule has 11 heteroatoms. The maximum absolute atomic E-state index is 13.2. The lowest BCUT2D eigenvalue weighted by atomic mass is 10.1.